The van der Waals surface area contributed by atoms with Gasteiger partial charge in [-0.25, -0.2) is 14.8 Å². The molecule has 2 aliphatic heterocycles. The molecule has 2 saturated heterocycles. The number of carboxylic acids is 1. The number of aromatic carboxylic acids is 1. The van der Waals surface area contributed by atoms with Gasteiger partial charge in [-0.05, 0) is 37.8 Å². The zero-order valence-electron chi connectivity index (χ0n) is 13.8. The summed E-state index contributed by atoms with van der Waals surface area (Å²) in [6.45, 7) is 0. The first-order valence-electron chi connectivity index (χ1n) is 8.62. The third-order valence-electron chi connectivity index (χ3n) is 5.37. The molecule has 0 aliphatic carbocycles. The molecule has 7 nitrogen and oxygen atoms in total. The molecule has 132 valence electrons. The van der Waals surface area contributed by atoms with Gasteiger partial charge in [0.15, 0.2) is 5.65 Å². The molecule has 3 aromatic heterocycles. The van der Waals surface area contributed by atoms with E-state index in [-0.39, 0.29) is 11.5 Å². The van der Waals surface area contributed by atoms with Crippen LogP contribution in [0.3, 0.4) is 0 Å². The fourth-order valence-corrected chi connectivity index (χ4v) is 5.04. The van der Waals surface area contributed by atoms with Crippen LogP contribution in [0.1, 0.15) is 45.7 Å². The number of carbonyl (C=O) groups excluding carboxylic acids is 1. The molecular formula is C18H16N4O3S. The highest BCUT2D eigenvalue weighted by Gasteiger charge is 2.42. The van der Waals surface area contributed by atoms with E-state index in [1.54, 1.807) is 6.20 Å². The van der Waals surface area contributed by atoms with Crippen molar-refractivity contribution >= 4 is 34.4 Å². The van der Waals surface area contributed by atoms with Crippen molar-refractivity contribution in [2.75, 3.05) is 0 Å². The lowest BCUT2D eigenvalue weighted by atomic mass is 10.0. The summed E-state index contributed by atoms with van der Waals surface area (Å²) in [7, 11) is 0. The lowest BCUT2D eigenvalue weighted by Gasteiger charge is -2.21. The van der Waals surface area contributed by atoms with E-state index in [0.29, 0.717) is 33.8 Å². The number of hydrogen-bond donors (Lipinski definition) is 2. The maximum Gasteiger partial charge on any atom is 0.339 e. The summed E-state index contributed by atoms with van der Waals surface area (Å²) in [5, 5.41) is 9.25. The number of aromatic nitrogens is 3. The number of thiophene rings is 1. The second kappa shape index (κ2) is 5.63. The van der Waals surface area contributed by atoms with Crippen LogP contribution in [0, 0.1) is 0 Å². The van der Waals surface area contributed by atoms with Crippen molar-refractivity contribution in [2.45, 2.75) is 37.8 Å². The van der Waals surface area contributed by atoms with Crippen LogP contribution in [0.5, 0.6) is 0 Å². The fourth-order valence-electron chi connectivity index (χ4n) is 4.14. The number of carboxylic acid groups (broad SMARTS) is 1. The molecule has 0 spiro atoms. The van der Waals surface area contributed by atoms with Crippen LogP contribution in [0.2, 0.25) is 0 Å². The quantitative estimate of drug-likeness (QED) is 0.740. The van der Waals surface area contributed by atoms with Gasteiger partial charge in [0.05, 0.1) is 21.6 Å². The lowest BCUT2D eigenvalue weighted by Crippen LogP contribution is -2.34. The molecule has 0 aromatic carbocycles. The molecule has 2 bridgehead atoms. The number of nitrogens with zero attached hydrogens (tertiary/aromatic N) is 3. The van der Waals surface area contributed by atoms with Crippen LogP contribution >= 0.6 is 11.3 Å². The summed E-state index contributed by atoms with van der Waals surface area (Å²) in [5.41, 5.74) is 1.44. The van der Waals surface area contributed by atoms with Gasteiger partial charge in [-0.15, -0.1) is 11.3 Å². The highest BCUT2D eigenvalue weighted by atomic mass is 32.1. The van der Waals surface area contributed by atoms with Gasteiger partial charge in [0, 0.05) is 18.3 Å². The van der Waals surface area contributed by atoms with Crippen LogP contribution in [0.25, 0.3) is 21.7 Å². The minimum Gasteiger partial charge on any atom is -0.478 e. The Hall–Kier alpha value is -2.74. The van der Waals surface area contributed by atoms with Crippen LogP contribution in [-0.2, 0) is 0 Å². The smallest absolute Gasteiger partial charge is 0.339 e. The van der Waals surface area contributed by atoms with E-state index in [1.807, 2.05) is 12.1 Å². The summed E-state index contributed by atoms with van der Waals surface area (Å²) in [6, 6.07) is 4.49. The fraction of sp³-hybridized carbons (Fsp3) is 0.333. The molecule has 0 unspecified atom stereocenters. The van der Waals surface area contributed by atoms with Gasteiger partial charge in [0.1, 0.15) is 11.1 Å². The van der Waals surface area contributed by atoms with E-state index in [4.69, 9.17) is 0 Å². The van der Waals surface area contributed by atoms with Crippen LogP contribution in [0.15, 0.2) is 24.5 Å². The number of hydrogen-bond acceptors (Lipinski definition) is 5. The average molecular weight is 368 g/mol. The van der Waals surface area contributed by atoms with Crippen molar-refractivity contribution < 1.29 is 14.7 Å². The SMILES string of the molecule is O=C(O)c1c[nH]c2ncc(-c3ccc(C(=O)N4C5CCC4CC5)s3)nc12. The lowest BCUT2D eigenvalue weighted by molar-refractivity contribution is 0.0696. The molecule has 1 amide bonds. The summed E-state index contributed by atoms with van der Waals surface area (Å²) in [5.74, 6) is -0.942. The second-order valence-corrected chi connectivity index (χ2v) is 7.88. The van der Waals surface area contributed by atoms with Crippen molar-refractivity contribution in [3.8, 4) is 10.6 Å². The number of aromatic amines is 1. The minimum atomic E-state index is -1.05. The highest BCUT2D eigenvalue weighted by Crippen LogP contribution is 2.39. The van der Waals surface area contributed by atoms with Gasteiger partial charge >= 0.3 is 5.97 Å². The van der Waals surface area contributed by atoms with Gasteiger partial charge in [0.25, 0.3) is 5.91 Å². The maximum atomic E-state index is 12.9. The molecule has 0 atom stereocenters. The summed E-state index contributed by atoms with van der Waals surface area (Å²) in [4.78, 5) is 39.3. The molecule has 26 heavy (non-hydrogen) atoms. The molecule has 2 aliphatic rings. The Morgan fingerprint density at radius 1 is 1.19 bits per heavy atom. The van der Waals surface area contributed by atoms with Crippen molar-refractivity contribution in [1.82, 2.24) is 19.9 Å². The minimum absolute atomic E-state index is 0.0934. The van der Waals surface area contributed by atoms with Crippen molar-refractivity contribution in [2.24, 2.45) is 0 Å². The van der Waals surface area contributed by atoms with E-state index in [9.17, 15) is 14.7 Å². The summed E-state index contributed by atoms with van der Waals surface area (Å²) >= 11 is 1.39. The number of H-pyrrole nitrogens is 1. The van der Waals surface area contributed by atoms with Crippen LogP contribution in [-0.4, -0.2) is 48.9 Å². The molecule has 3 aromatic rings. The van der Waals surface area contributed by atoms with Gasteiger partial charge < -0.3 is 15.0 Å². The number of carbonyl (C=O) groups is 2. The molecular weight excluding hydrogens is 352 g/mol. The Balaban J connectivity index is 1.48. The molecule has 8 heteroatoms. The van der Waals surface area contributed by atoms with Gasteiger partial charge in [-0.2, -0.15) is 0 Å². The Kier molecular flexibility index (Phi) is 3.36. The monoisotopic (exact) mass is 368 g/mol. The zero-order chi connectivity index (χ0) is 17.8. The summed E-state index contributed by atoms with van der Waals surface area (Å²) < 4.78 is 0. The Morgan fingerprint density at radius 2 is 1.92 bits per heavy atom. The third-order valence-corrected chi connectivity index (χ3v) is 6.46. The number of nitrogens with one attached hydrogen (secondary N) is 1. The van der Waals surface area contributed by atoms with E-state index in [2.05, 4.69) is 19.9 Å². The first-order valence-corrected chi connectivity index (χ1v) is 9.44. The first-order chi connectivity index (χ1) is 12.6. The van der Waals surface area contributed by atoms with Crippen molar-refractivity contribution in [1.29, 1.82) is 0 Å². The average Bonchev–Trinajstić information content (AvgIpc) is 3.42. The Bertz CT molecular complexity index is 1020. The van der Waals surface area contributed by atoms with Gasteiger partial charge in [0.2, 0.25) is 0 Å². The largest absolute Gasteiger partial charge is 0.478 e. The number of fused-ring (bicyclic) bond motifs is 3. The Labute approximate surface area is 152 Å². The summed E-state index contributed by atoms with van der Waals surface area (Å²) in [6.07, 6.45) is 7.45. The second-order valence-electron chi connectivity index (χ2n) is 6.80. The maximum absolute atomic E-state index is 12.9. The predicted molar refractivity (Wildman–Crippen MR) is 96.4 cm³/mol. The van der Waals surface area contributed by atoms with E-state index >= 15 is 0 Å². The van der Waals surface area contributed by atoms with Crippen molar-refractivity contribution in [3.05, 3.63) is 35.0 Å². The predicted octanol–water partition coefficient (Wildman–Crippen LogP) is 3.15. The van der Waals surface area contributed by atoms with Gasteiger partial charge in [-0.1, -0.05) is 0 Å². The zero-order valence-corrected chi connectivity index (χ0v) is 14.6. The molecule has 2 N–H and O–H groups in total. The molecule has 2 fully saturated rings. The first kappa shape index (κ1) is 15.5. The standard InChI is InChI=1S/C18H16N4O3S/c23-17(22-9-1-2-10(22)4-3-9)14-6-5-13(26-14)12-8-20-16-15(21-12)11(7-19-16)18(24)25/h5-10H,1-4H2,(H,19,20)(H,24,25). The van der Waals surface area contributed by atoms with E-state index in [1.165, 1.54) is 17.5 Å². The van der Waals surface area contributed by atoms with E-state index < -0.39 is 5.97 Å². The molecule has 0 saturated carbocycles. The topological polar surface area (TPSA) is 99.2 Å². The van der Waals surface area contributed by atoms with E-state index in [0.717, 1.165) is 30.6 Å². The number of rotatable bonds is 3. The van der Waals surface area contributed by atoms with Crippen LogP contribution in [0.4, 0.5) is 0 Å². The number of amides is 1. The Morgan fingerprint density at radius 3 is 2.62 bits per heavy atom. The third kappa shape index (κ3) is 2.25. The van der Waals surface area contributed by atoms with Crippen molar-refractivity contribution in [3.63, 3.8) is 0 Å². The molecule has 5 rings (SSSR count). The molecule has 5 heterocycles. The highest BCUT2D eigenvalue weighted by molar-refractivity contribution is 7.17. The molecule has 0 radical (unpaired) electrons. The van der Waals surface area contributed by atoms with Crippen LogP contribution < -0.4 is 0 Å². The normalized spacial score (nSPS) is 21.6. The van der Waals surface area contributed by atoms with Gasteiger partial charge in [-0.3, -0.25) is 4.79 Å².